The van der Waals surface area contributed by atoms with E-state index in [4.69, 9.17) is 0 Å². The highest BCUT2D eigenvalue weighted by molar-refractivity contribution is 7.99. The number of benzene rings is 1. The summed E-state index contributed by atoms with van der Waals surface area (Å²) in [5, 5.41) is 5.47. The smallest absolute Gasteiger partial charge is 0.325 e. The molecule has 0 saturated heterocycles. The van der Waals surface area contributed by atoms with Crippen molar-refractivity contribution in [1.82, 2.24) is 9.97 Å². The second-order valence-electron chi connectivity index (χ2n) is 7.53. The number of H-pyrrole nitrogens is 1. The van der Waals surface area contributed by atoms with Crippen LogP contribution in [-0.2, 0) is 34.4 Å². The zero-order valence-corrected chi connectivity index (χ0v) is 19.0. The number of aromatic amines is 1. The van der Waals surface area contributed by atoms with Crippen LogP contribution < -0.4 is 16.2 Å². The van der Waals surface area contributed by atoms with E-state index in [9.17, 15) is 27.6 Å². The van der Waals surface area contributed by atoms with Gasteiger partial charge in [-0.1, -0.05) is 0 Å². The van der Waals surface area contributed by atoms with Crippen molar-refractivity contribution in [1.29, 1.82) is 0 Å². The van der Waals surface area contributed by atoms with Crippen LogP contribution in [0.2, 0.25) is 0 Å². The summed E-state index contributed by atoms with van der Waals surface area (Å²) in [5.74, 6) is -0.432. The van der Waals surface area contributed by atoms with E-state index in [0.717, 1.165) is 54.8 Å². The molecule has 2 heterocycles. The number of fused-ring (bicyclic) bond motifs is 3. The van der Waals surface area contributed by atoms with Gasteiger partial charge in [-0.15, -0.1) is 23.1 Å². The zero-order chi connectivity index (χ0) is 23.8. The summed E-state index contributed by atoms with van der Waals surface area (Å²) in [6.07, 6.45) is -1.72. The summed E-state index contributed by atoms with van der Waals surface area (Å²) in [5.41, 5.74) is -0.137. The summed E-state index contributed by atoms with van der Waals surface area (Å²) in [4.78, 5) is 45.3. The first-order valence-electron chi connectivity index (χ1n) is 10.0. The van der Waals surface area contributed by atoms with E-state index in [0.29, 0.717) is 16.0 Å². The van der Waals surface area contributed by atoms with E-state index >= 15 is 0 Å². The molecular weight excluding hydrogens is 477 g/mol. The molecule has 0 bridgehead atoms. The van der Waals surface area contributed by atoms with Gasteiger partial charge >= 0.3 is 6.18 Å². The van der Waals surface area contributed by atoms with Crippen molar-refractivity contribution in [3.05, 3.63) is 50.4 Å². The number of anilines is 2. The van der Waals surface area contributed by atoms with Crippen molar-refractivity contribution >= 4 is 56.5 Å². The SMILES string of the molecule is CC(=O)Nc1ccc(C(F)(F)F)cc1NC(=O)CSCc1nc2sc3c(c2c(=O)[nH]1)CCC3. The number of carbonyl (C=O) groups is 2. The molecule has 12 heteroatoms. The largest absolute Gasteiger partial charge is 0.416 e. The highest BCUT2D eigenvalue weighted by Gasteiger charge is 2.31. The maximum absolute atomic E-state index is 13.0. The van der Waals surface area contributed by atoms with Gasteiger partial charge in [-0.3, -0.25) is 14.4 Å². The van der Waals surface area contributed by atoms with Gasteiger partial charge in [-0.25, -0.2) is 4.98 Å². The highest BCUT2D eigenvalue weighted by Crippen LogP contribution is 2.35. The lowest BCUT2D eigenvalue weighted by atomic mass is 10.1. The molecule has 0 aliphatic heterocycles. The Morgan fingerprint density at radius 1 is 1.21 bits per heavy atom. The molecule has 7 nitrogen and oxygen atoms in total. The molecule has 3 aromatic rings. The second-order valence-corrected chi connectivity index (χ2v) is 9.60. The van der Waals surface area contributed by atoms with Crippen LogP contribution in [0, 0.1) is 0 Å². The summed E-state index contributed by atoms with van der Waals surface area (Å²) in [6.45, 7) is 1.21. The van der Waals surface area contributed by atoms with Crippen LogP contribution >= 0.6 is 23.1 Å². The number of aryl methyl sites for hydroxylation is 2. The molecule has 3 N–H and O–H groups in total. The number of hydrogen-bond acceptors (Lipinski definition) is 6. The number of nitrogens with one attached hydrogen (secondary N) is 3. The number of aromatic nitrogens is 2. The van der Waals surface area contributed by atoms with Crippen LogP contribution in [0.25, 0.3) is 10.2 Å². The average Bonchev–Trinajstić information content (AvgIpc) is 3.29. The van der Waals surface area contributed by atoms with Crippen molar-refractivity contribution in [2.24, 2.45) is 0 Å². The molecule has 2 amide bonds. The average molecular weight is 497 g/mol. The van der Waals surface area contributed by atoms with Gasteiger partial charge in [0, 0.05) is 11.8 Å². The number of thiophene rings is 1. The van der Waals surface area contributed by atoms with Crippen molar-refractivity contribution in [3.8, 4) is 0 Å². The van der Waals surface area contributed by atoms with Gasteiger partial charge in [-0.05, 0) is 43.0 Å². The fourth-order valence-corrected chi connectivity index (χ4v) is 5.64. The molecule has 0 spiro atoms. The number of alkyl halides is 3. The Morgan fingerprint density at radius 2 is 2.00 bits per heavy atom. The normalized spacial score (nSPS) is 13.2. The van der Waals surface area contributed by atoms with Crippen LogP contribution in [-0.4, -0.2) is 27.5 Å². The maximum Gasteiger partial charge on any atom is 0.416 e. The minimum Gasteiger partial charge on any atom is -0.325 e. The van der Waals surface area contributed by atoms with Crippen molar-refractivity contribution in [3.63, 3.8) is 0 Å². The summed E-state index contributed by atoms with van der Waals surface area (Å²) in [7, 11) is 0. The Bertz CT molecular complexity index is 1300. The van der Waals surface area contributed by atoms with Crippen LogP contribution in [0.3, 0.4) is 0 Å². The van der Waals surface area contributed by atoms with Gasteiger partial charge < -0.3 is 15.6 Å². The van der Waals surface area contributed by atoms with Gasteiger partial charge in [0.05, 0.1) is 33.8 Å². The quantitative estimate of drug-likeness (QED) is 0.472. The Balaban J connectivity index is 1.42. The van der Waals surface area contributed by atoms with Crippen molar-refractivity contribution < 1.29 is 22.8 Å². The summed E-state index contributed by atoms with van der Waals surface area (Å²) < 4.78 is 39.1. The third kappa shape index (κ3) is 5.22. The van der Waals surface area contributed by atoms with Crippen LogP contribution in [0.4, 0.5) is 24.5 Å². The lowest BCUT2D eigenvalue weighted by Crippen LogP contribution is -2.18. The monoisotopic (exact) mass is 496 g/mol. The minimum absolute atomic E-state index is 0.0658. The van der Waals surface area contributed by atoms with Crippen LogP contribution in [0.5, 0.6) is 0 Å². The Labute approximate surface area is 194 Å². The summed E-state index contributed by atoms with van der Waals surface area (Å²) in [6, 6.07) is 2.69. The number of thioether (sulfide) groups is 1. The molecular formula is C21H19F3N4O3S2. The minimum atomic E-state index is -4.60. The molecule has 0 radical (unpaired) electrons. The molecule has 4 rings (SSSR count). The van der Waals surface area contributed by atoms with Gasteiger partial charge in [0.25, 0.3) is 5.56 Å². The third-order valence-electron chi connectivity index (χ3n) is 5.03. The predicted octanol–water partition coefficient (Wildman–Crippen LogP) is 4.32. The Hall–Kier alpha value is -2.86. The topological polar surface area (TPSA) is 104 Å². The van der Waals surface area contributed by atoms with E-state index in [1.807, 2.05) is 0 Å². The molecule has 1 aromatic carbocycles. The lowest BCUT2D eigenvalue weighted by molar-refractivity contribution is -0.137. The fraction of sp³-hybridized carbons (Fsp3) is 0.333. The molecule has 0 atom stereocenters. The molecule has 0 fully saturated rings. The standard InChI is InChI=1S/C21H19F3N4O3S2/c1-10(29)25-13-6-5-11(21(22,23)24)7-14(13)26-17(30)9-32-8-16-27-19(31)18-12-3-2-4-15(12)33-20(18)28-16/h5-7H,2-4,8-9H2,1H3,(H,25,29)(H,26,30)(H,27,28,31). The van der Waals surface area contributed by atoms with Gasteiger partial charge in [0.1, 0.15) is 10.7 Å². The van der Waals surface area contributed by atoms with Crippen molar-refractivity contribution in [2.75, 3.05) is 16.4 Å². The molecule has 0 saturated carbocycles. The van der Waals surface area contributed by atoms with E-state index in [2.05, 4.69) is 20.6 Å². The maximum atomic E-state index is 13.0. The predicted molar refractivity (Wildman–Crippen MR) is 123 cm³/mol. The van der Waals surface area contributed by atoms with E-state index < -0.39 is 23.6 Å². The number of rotatable bonds is 6. The zero-order valence-electron chi connectivity index (χ0n) is 17.4. The Kier molecular flexibility index (Phi) is 6.48. The number of amides is 2. The lowest BCUT2D eigenvalue weighted by Gasteiger charge is -2.14. The first-order chi connectivity index (χ1) is 15.6. The first-order valence-corrected chi connectivity index (χ1v) is 12.0. The van der Waals surface area contributed by atoms with Gasteiger partial charge in [0.15, 0.2) is 0 Å². The van der Waals surface area contributed by atoms with Crippen LogP contribution in [0.15, 0.2) is 23.0 Å². The van der Waals surface area contributed by atoms with E-state index in [1.165, 1.54) is 23.1 Å². The molecule has 0 unspecified atom stereocenters. The van der Waals surface area contributed by atoms with E-state index in [1.54, 1.807) is 0 Å². The number of halogens is 3. The second kappa shape index (κ2) is 9.18. The van der Waals surface area contributed by atoms with Gasteiger partial charge in [-0.2, -0.15) is 13.2 Å². The summed E-state index contributed by atoms with van der Waals surface area (Å²) >= 11 is 2.68. The van der Waals surface area contributed by atoms with Crippen molar-refractivity contribution in [2.45, 2.75) is 38.1 Å². The molecule has 2 aromatic heterocycles. The highest BCUT2D eigenvalue weighted by atomic mass is 32.2. The first kappa shape index (κ1) is 23.3. The molecule has 33 heavy (non-hydrogen) atoms. The molecule has 174 valence electrons. The number of hydrogen-bond donors (Lipinski definition) is 3. The number of carbonyl (C=O) groups excluding carboxylic acids is 2. The van der Waals surface area contributed by atoms with Gasteiger partial charge in [0.2, 0.25) is 11.8 Å². The van der Waals surface area contributed by atoms with Crippen LogP contribution in [0.1, 0.15) is 35.2 Å². The third-order valence-corrected chi connectivity index (χ3v) is 7.16. The Morgan fingerprint density at radius 3 is 2.73 bits per heavy atom. The van der Waals surface area contributed by atoms with E-state index in [-0.39, 0.29) is 28.4 Å². The molecule has 1 aliphatic rings. The fourth-order valence-electron chi connectivity index (χ4n) is 3.66. The number of nitrogens with zero attached hydrogens (tertiary/aromatic N) is 1. The molecule has 1 aliphatic carbocycles.